The molecular weight excluding hydrogens is 289 g/mol. The van der Waals surface area contributed by atoms with Gasteiger partial charge in [0.05, 0.1) is 24.9 Å². The fourth-order valence-corrected chi connectivity index (χ4v) is 1.57. The number of nitriles is 1. The Morgan fingerprint density at radius 1 is 1.43 bits per heavy atom. The maximum atomic E-state index is 12.3. The molecule has 0 saturated carbocycles. The van der Waals surface area contributed by atoms with Crippen LogP contribution in [0.5, 0.6) is 5.75 Å². The predicted octanol–water partition coefficient (Wildman–Crippen LogP) is 1.89. The number of rotatable bonds is 3. The summed E-state index contributed by atoms with van der Waals surface area (Å²) in [7, 11) is 1.33. The number of methoxy groups -OCH3 is 1. The average Bonchev–Trinajstić information content (AvgIpc) is 2.94. The molecule has 0 N–H and O–H groups in total. The quantitative estimate of drug-likeness (QED) is 0.808. The lowest BCUT2D eigenvalue weighted by Crippen LogP contribution is -2.23. The van der Waals surface area contributed by atoms with Gasteiger partial charge in [-0.2, -0.15) is 18.4 Å². The number of Topliss-reactive ketones (excluding diaryl/α,β-unsaturated/α-hetero) is 1. The molecule has 21 heavy (non-hydrogen) atoms. The minimum atomic E-state index is -5.02. The van der Waals surface area contributed by atoms with Crippen molar-refractivity contribution in [2.24, 2.45) is 0 Å². The van der Waals surface area contributed by atoms with Crippen molar-refractivity contribution in [3.8, 4) is 17.5 Å². The fourth-order valence-electron chi connectivity index (χ4n) is 1.57. The van der Waals surface area contributed by atoms with E-state index in [0.717, 1.165) is 10.9 Å². The van der Waals surface area contributed by atoms with Crippen LogP contribution < -0.4 is 4.74 Å². The molecular formula is C12H7F3N4O2. The highest BCUT2D eigenvalue weighted by Crippen LogP contribution is 2.25. The van der Waals surface area contributed by atoms with E-state index in [1.807, 2.05) is 6.07 Å². The average molecular weight is 296 g/mol. The number of hydrogen-bond acceptors (Lipinski definition) is 5. The Hall–Kier alpha value is -2.89. The minimum absolute atomic E-state index is 0.213. The zero-order valence-electron chi connectivity index (χ0n) is 10.5. The summed E-state index contributed by atoms with van der Waals surface area (Å²) in [5.41, 5.74) is -0.263. The van der Waals surface area contributed by atoms with Crippen LogP contribution in [-0.2, 0) is 0 Å². The molecule has 2 aromatic rings. The van der Waals surface area contributed by atoms with Crippen molar-refractivity contribution in [3.63, 3.8) is 0 Å². The highest BCUT2D eigenvalue weighted by atomic mass is 19.4. The van der Waals surface area contributed by atoms with E-state index in [1.165, 1.54) is 25.3 Å². The smallest absolute Gasteiger partial charge is 0.456 e. The van der Waals surface area contributed by atoms with Gasteiger partial charge in [0.15, 0.2) is 5.69 Å². The molecule has 0 aliphatic rings. The maximum absolute atomic E-state index is 12.3. The standard InChI is InChI=1S/C12H7F3N4O2/c1-21-10-4-7(5-16)2-3-9(10)19-6-8(17-18-19)11(20)12(13,14)15/h2-4,6H,1H3. The molecule has 0 fully saturated rings. The molecule has 0 atom stereocenters. The van der Waals surface area contributed by atoms with Gasteiger partial charge in [-0.15, -0.1) is 5.10 Å². The Kier molecular flexibility index (Phi) is 3.62. The maximum Gasteiger partial charge on any atom is 0.456 e. The van der Waals surface area contributed by atoms with Crippen LogP contribution in [0, 0.1) is 11.3 Å². The molecule has 9 heteroatoms. The monoisotopic (exact) mass is 296 g/mol. The van der Waals surface area contributed by atoms with E-state index < -0.39 is 17.7 Å². The van der Waals surface area contributed by atoms with Gasteiger partial charge in [-0.05, 0) is 12.1 Å². The number of carbonyl (C=O) groups excluding carboxylic acids is 1. The molecule has 0 amide bonds. The second-order valence-corrected chi connectivity index (χ2v) is 3.87. The van der Waals surface area contributed by atoms with Gasteiger partial charge in [0.1, 0.15) is 11.4 Å². The topological polar surface area (TPSA) is 80.8 Å². The van der Waals surface area contributed by atoms with E-state index in [-0.39, 0.29) is 11.4 Å². The second kappa shape index (κ2) is 5.24. The number of halogens is 3. The van der Waals surface area contributed by atoms with Crippen LogP contribution in [0.2, 0.25) is 0 Å². The van der Waals surface area contributed by atoms with Gasteiger partial charge in [-0.3, -0.25) is 4.79 Å². The van der Waals surface area contributed by atoms with E-state index in [0.29, 0.717) is 5.56 Å². The van der Waals surface area contributed by atoms with Crippen LogP contribution in [0.3, 0.4) is 0 Å². The lowest BCUT2D eigenvalue weighted by Gasteiger charge is -2.07. The molecule has 0 unspecified atom stereocenters. The predicted molar refractivity (Wildman–Crippen MR) is 63.0 cm³/mol. The molecule has 108 valence electrons. The largest absolute Gasteiger partial charge is 0.494 e. The van der Waals surface area contributed by atoms with Crippen LogP contribution >= 0.6 is 0 Å². The molecule has 0 aliphatic heterocycles. The van der Waals surface area contributed by atoms with Gasteiger partial charge in [0.2, 0.25) is 0 Å². The van der Waals surface area contributed by atoms with E-state index in [9.17, 15) is 18.0 Å². The van der Waals surface area contributed by atoms with Crippen molar-refractivity contribution in [1.29, 1.82) is 5.26 Å². The highest BCUT2D eigenvalue weighted by molar-refractivity contribution is 5.98. The fraction of sp³-hybridized carbons (Fsp3) is 0.167. The Balaban J connectivity index is 2.43. The number of carbonyl (C=O) groups is 1. The third-order valence-corrected chi connectivity index (χ3v) is 2.54. The van der Waals surface area contributed by atoms with Crippen LogP contribution in [0.4, 0.5) is 13.2 Å². The third-order valence-electron chi connectivity index (χ3n) is 2.54. The van der Waals surface area contributed by atoms with Crippen LogP contribution in [0.1, 0.15) is 16.1 Å². The molecule has 0 aliphatic carbocycles. The Bertz CT molecular complexity index is 731. The molecule has 0 radical (unpaired) electrons. The first-order valence-electron chi connectivity index (χ1n) is 5.49. The van der Waals surface area contributed by atoms with Crippen LogP contribution in [-0.4, -0.2) is 34.1 Å². The van der Waals surface area contributed by atoms with Gasteiger partial charge < -0.3 is 4.74 Å². The Labute approximate surface area is 116 Å². The first kappa shape index (κ1) is 14.5. The third kappa shape index (κ3) is 2.84. The molecule has 2 rings (SSSR count). The normalized spacial score (nSPS) is 11.0. The zero-order chi connectivity index (χ0) is 15.6. The van der Waals surface area contributed by atoms with Crippen LogP contribution in [0.15, 0.2) is 24.4 Å². The van der Waals surface area contributed by atoms with Crippen molar-refractivity contribution in [1.82, 2.24) is 15.0 Å². The van der Waals surface area contributed by atoms with E-state index in [4.69, 9.17) is 10.00 Å². The summed E-state index contributed by atoms with van der Waals surface area (Å²) in [5.74, 6) is -1.87. The van der Waals surface area contributed by atoms with Crippen molar-refractivity contribution in [3.05, 3.63) is 35.7 Å². The molecule has 1 aromatic heterocycles. The molecule has 0 saturated heterocycles. The summed E-state index contributed by atoms with van der Waals surface area (Å²) in [6, 6.07) is 6.15. The van der Waals surface area contributed by atoms with Gasteiger partial charge in [-0.25, -0.2) is 4.68 Å². The number of nitrogens with zero attached hydrogens (tertiary/aromatic N) is 4. The summed E-state index contributed by atoms with van der Waals surface area (Å²) in [6.45, 7) is 0. The number of ether oxygens (including phenoxy) is 1. The Morgan fingerprint density at radius 2 is 2.14 bits per heavy atom. The van der Waals surface area contributed by atoms with E-state index >= 15 is 0 Å². The van der Waals surface area contributed by atoms with Gasteiger partial charge in [-0.1, -0.05) is 5.21 Å². The minimum Gasteiger partial charge on any atom is -0.494 e. The van der Waals surface area contributed by atoms with Crippen molar-refractivity contribution in [2.75, 3.05) is 7.11 Å². The van der Waals surface area contributed by atoms with Crippen molar-refractivity contribution < 1.29 is 22.7 Å². The van der Waals surface area contributed by atoms with E-state index in [2.05, 4.69) is 10.3 Å². The highest BCUT2D eigenvalue weighted by Gasteiger charge is 2.41. The molecule has 0 spiro atoms. The summed E-state index contributed by atoms with van der Waals surface area (Å²) < 4.78 is 42.9. The Morgan fingerprint density at radius 3 is 2.71 bits per heavy atom. The summed E-state index contributed by atoms with van der Waals surface area (Å²) in [6.07, 6.45) is -4.17. The molecule has 6 nitrogen and oxygen atoms in total. The second-order valence-electron chi connectivity index (χ2n) is 3.87. The summed E-state index contributed by atoms with van der Waals surface area (Å²) >= 11 is 0. The van der Waals surface area contributed by atoms with E-state index in [1.54, 1.807) is 0 Å². The number of alkyl halides is 3. The summed E-state index contributed by atoms with van der Waals surface area (Å²) in [5, 5.41) is 15.4. The first-order valence-corrected chi connectivity index (χ1v) is 5.49. The number of ketones is 1. The van der Waals surface area contributed by atoms with Gasteiger partial charge >= 0.3 is 6.18 Å². The molecule has 1 heterocycles. The van der Waals surface area contributed by atoms with Crippen molar-refractivity contribution >= 4 is 5.78 Å². The lowest BCUT2D eigenvalue weighted by atomic mass is 10.2. The van der Waals surface area contributed by atoms with Crippen LogP contribution in [0.25, 0.3) is 5.69 Å². The first-order chi connectivity index (χ1) is 9.86. The summed E-state index contributed by atoms with van der Waals surface area (Å²) in [4.78, 5) is 11.1. The van der Waals surface area contributed by atoms with Gasteiger partial charge in [0, 0.05) is 6.07 Å². The number of aromatic nitrogens is 3. The lowest BCUT2D eigenvalue weighted by molar-refractivity contribution is -0.0888. The molecule has 1 aromatic carbocycles. The van der Waals surface area contributed by atoms with Crippen molar-refractivity contribution in [2.45, 2.75) is 6.18 Å². The van der Waals surface area contributed by atoms with Gasteiger partial charge in [0.25, 0.3) is 5.78 Å². The number of benzene rings is 1. The zero-order valence-corrected chi connectivity index (χ0v) is 10.5. The SMILES string of the molecule is COc1cc(C#N)ccc1-n1cc(C(=O)C(F)(F)F)nn1. The molecule has 0 bridgehead atoms. The number of hydrogen-bond donors (Lipinski definition) is 0.